The molecular formula is C25H28FN3O. The van der Waals surface area contributed by atoms with Crippen molar-refractivity contribution in [3.63, 3.8) is 0 Å². The number of nitrogens with zero attached hydrogens (tertiary/aromatic N) is 2. The lowest BCUT2D eigenvalue weighted by Gasteiger charge is -2.13. The van der Waals surface area contributed by atoms with Crippen LogP contribution in [-0.4, -0.2) is 21.8 Å². The summed E-state index contributed by atoms with van der Waals surface area (Å²) < 4.78 is 15.8. The maximum absolute atomic E-state index is 13.8. The van der Waals surface area contributed by atoms with Crippen LogP contribution >= 0.6 is 0 Å². The molecule has 30 heavy (non-hydrogen) atoms. The maximum Gasteiger partial charge on any atom is 0.226 e. The van der Waals surface area contributed by atoms with Crippen molar-refractivity contribution in [3.05, 3.63) is 70.8 Å². The molecule has 2 heterocycles. The number of amides is 1. The number of fused-ring (bicyclic) bond motifs is 1. The smallest absolute Gasteiger partial charge is 0.226 e. The van der Waals surface area contributed by atoms with E-state index in [1.54, 1.807) is 19.1 Å². The Balaban J connectivity index is 1.58. The van der Waals surface area contributed by atoms with Gasteiger partial charge in [0, 0.05) is 18.3 Å². The molecule has 0 unspecified atom stereocenters. The van der Waals surface area contributed by atoms with E-state index in [1.165, 1.54) is 24.5 Å². The van der Waals surface area contributed by atoms with Gasteiger partial charge in [0.2, 0.25) is 5.91 Å². The standard InChI is InChI=1S/C25H28FN3O/c1-17-8-11-23-28-25(20-9-10-21(26)18(2)14-20)22(29(23)16-17)15-24(30)27-13-12-19-6-4-3-5-7-19/h6,8-11,14,16H,3-5,7,12-13,15H2,1-2H3,(H,27,30). The second kappa shape index (κ2) is 8.82. The topological polar surface area (TPSA) is 46.4 Å². The molecule has 0 radical (unpaired) electrons. The fourth-order valence-corrected chi connectivity index (χ4v) is 4.10. The predicted octanol–water partition coefficient (Wildman–Crippen LogP) is 5.31. The number of nitrogens with one attached hydrogen (secondary N) is 1. The lowest BCUT2D eigenvalue weighted by atomic mass is 9.97. The first kappa shape index (κ1) is 20.3. The predicted molar refractivity (Wildman–Crippen MR) is 118 cm³/mol. The van der Waals surface area contributed by atoms with Gasteiger partial charge in [0.25, 0.3) is 0 Å². The van der Waals surface area contributed by atoms with Crippen molar-refractivity contribution >= 4 is 11.6 Å². The highest BCUT2D eigenvalue weighted by Crippen LogP contribution is 2.27. The molecule has 4 nitrogen and oxygen atoms in total. The number of imidazole rings is 1. The quantitative estimate of drug-likeness (QED) is 0.565. The zero-order valence-electron chi connectivity index (χ0n) is 17.7. The van der Waals surface area contributed by atoms with Crippen LogP contribution in [0.2, 0.25) is 0 Å². The van der Waals surface area contributed by atoms with Gasteiger partial charge in [-0.1, -0.05) is 17.7 Å². The van der Waals surface area contributed by atoms with E-state index in [-0.39, 0.29) is 18.1 Å². The Bertz CT molecular complexity index is 1110. The third-order valence-electron chi connectivity index (χ3n) is 5.78. The molecule has 1 aliphatic rings. The molecule has 2 aromatic heterocycles. The van der Waals surface area contributed by atoms with E-state index < -0.39 is 0 Å². The van der Waals surface area contributed by atoms with Gasteiger partial charge in [-0.05, 0) is 81.3 Å². The highest BCUT2D eigenvalue weighted by Gasteiger charge is 2.18. The summed E-state index contributed by atoms with van der Waals surface area (Å²) in [6.07, 6.45) is 10.3. The summed E-state index contributed by atoms with van der Waals surface area (Å²) in [6.45, 7) is 4.42. The molecule has 1 amide bonds. The van der Waals surface area contributed by atoms with Crippen LogP contribution in [0, 0.1) is 19.7 Å². The molecule has 0 spiro atoms. The summed E-state index contributed by atoms with van der Waals surface area (Å²) in [6, 6.07) is 8.94. The summed E-state index contributed by atoms with van der Waals surface area (Å²) in [7, 11) is 0. The largest absolute Gasteiger partial charge is 0.355 e. The Hall–Kier alpha value is -2.95. The van der Waals surface area contributed by atoms with Gasteiger partial charge < -0.3 is 9.72 Å². The summed E-state index contributed by atoms with van der Waals surface area (Å²) in [4.78, 5) is 17.5. The second-order valence-corrected chi connectivity index (χ2v) is 8.19. The van der Waals surface area contributed by atoms with Crippen molar-refractivity contribution in [2.24, 2.45) is 0 Å². The summed E-state index contributed by atoms with van der Waals surface area (Å²) in [5, 5.41) is 3.07. The third kappa shape index (κ3) is 4.45. The molecule has 1 aliphatic carbocycles. The van der Waals surface area contributed by atoms with Gasteiger partial charge in [-0.2, -0.15) is 0 Å². The van der Waals surface area contributed by atoms with Gasteiger partial charge in [0.15, 0.2) is 0 Å². The zero-order chi connectivity index (χ0) is 21.1. The molecule has 0 saturated heterocycles. The highest BCUT2D eigenvalue weighted by atomic mass is 19.1. The lowest BCUT2D eigenvalue weighted by Crippen LogP contribution is -2.27. The van der Waals surface area contributed by atoms with Crippen molar-refractivity contribution in [2.75, 3.05) is 6.54 Å². The number of carbonyl (C=O) groups is 1. The SMILES string of the molecule is Cc1ccc2nc(-c3ccc(F)c(C)c3)c(CC(=O)NCCC3=CCCCC3)n2c1. The van der Waals surface area contributed by atoms with Crippen molar-refractivity contribution in [2.45, 2.75) is 52.4 Å². The number of hydrogen-bond donors (Lipinski definition) is 1. The number of halogens is 1. The lowest BCUT2D eigenvalue weighted by molar-refractivity contribution is -0.120. The molecule has 1 N–H and O–H groups in total. The minimum Gasteiger partial charge on any atom is -0.355 e. The first-order valence-corrected chi connectivity index (χ1v) is 10.7. The molecule has 0 fully saturated rings. The van der Waals surface area contributed by atoms with Gasteiger partial charge in [-0.25, -0.2) is 9.37 Å². The number of carbonyl (C=O) groups excluding carboxylic acids is 1. The third-order valence-corrected chi connectivity index (χ3v) is 5.78. The number of allylic oxidation sites excluding steroid dienone is 1. The second-order valence-electron chi connectivity index (χ2n) is 8.19. The van der Waals surface area contributed by atoms with Crippen molar-refractivity contribution in [1.82, 2.24) is 14.7 Å². The van der Waals surface area contributed by atoms with Gasteiger partial charge in [0.1, 0.15) is 11.5 Å². The Labute approximate surface area is 176 Å². The van der Waals surface area contributed by atoms with E-state index in [0.29, 0.717) is 12.1 Å². The minimum absolute atomic E-state index is 0.0187. The fraction of sp³-hybridized carbons (Fsp3) is 0.360. The van der Waals surface area contributed by atoms with E-state index >= 15 is 0 Å². The van der Waals surface area contributed by atoms with Crippen molar-refractivity contribution < 1.29 is 9.18 Å². The molecule has 0 aliphatic heterocycles. The molecule has 0 bridgehead atoms. The summed E-state index contributed by atoms with van der Waals surface area (Å²) in [5.74, 6) is -0.260. The van der Waals surface area contributed by atoms with E-state index in [9.17, 15) is 9.18 Å². The number of aryl methyl sites for hydroxylation is 2. The zero-order valence-corrected chi connectivity index (χ0v) is 17.7. The molecule has 4 rings (SSSR count). The van der Waals surface area contributed by atoms with Crippen molar-refractivity contribution in [3.8, 4) is 11.3 Å². The van der Waals surface area contributed by atoms with Crippen LogP contribution in [0.15, 0.2) is 48.2 Å². The first-order chi connectivity index (χ1) is 14.5. The molecule has 5 heteroatoms. The van der Waals surface area contributed by atoms with E-state index in [0.717, 1.165) is 47.4 Å². The van der Waals surface area contributed by atoms with Crippen LogP contribution < -0.4 is 5.32 Å². The van der Waals surface area contributed by atoms with Crippen LogP contribution in [0.25, 0.3) is 16.9 Å². The number of pyridine rings is 1. The molecule has 1 aromatic carbocycles. The van der Waals surface area contributed by atoms with Crippen LogP contribution in [0.5, 0.6) is 0 Å². The minimum atomic E-state index is -0.241. The highest BCUT2D eigenvalue weighted by molar-refractivity contribution is 5.81. The maximum atomic E-state index is 13.8. The Morgan fingerprint density at radius 2 is 2.07 bits per heavy atom. The molecule has 3 aromatic rings. The van der Waals surface area contributed by atoms with E-state index in [2.05, 4.69) is 11.4 Å². The summed E-state index contributed by atoms with van der Waals surface area (Å²) in [5.41, 5.74) is 6.28. The van der Waals surface area contributed by atoms with Crippen LogP contribution in [0.3, 0.4) is 0 Å². The number of rotatable bonds is 6. The number of benzene rings is 1. The van der Waals surface area contributed by atoms with Gasteiger partial charge in [0.05, 0.1) is 17.8 Å². The van der Waals surface area contributed by atoms with Crippen LogP contribution in [0.1, 0.15) is 48.9 Å². The van der Waals surface area contributed by atoms with Crippen LogP contribution in [-0.2, 0) is 11.2 Å². The molecule has 156 valence electrons. The number of aromatic nitrogens is 2. The average Bonchev–Trinajstić information content (AvgIpc) is 3.08. The van der Waals surface area contributed by atoms with E-state index in [4.69, 9.17) is 4.98 Å². The Morgan fingerprint density at radius 3 is 2.83 bits per heavy atom. The molecular weight excluding hydrogens is 377 g/mol. The van der Waals surface area contributed by atoms with Crippen molar-refractivity contribution in [1.29, 1.82) is 0 Å². The Morgan fingerprint density at radius 1 is 1.20 bits per heavy atom. The monoisotopic (exact) mass is 405 g/mol. The molecule has 0 atom stereocenters. The van der Waals surface area contributed by atoms with Gasteiger partial charge in [-0.15, -0.1) is 0 Å². The average molecular weight is 406 g/mol. The first-order valence-electron chi connectivity index (χ1n) is 10.7. The summed E-state index contributed by atoms with van der Waals surface area (Å²) >= 11 is 0. The van der Waals surface area contributed by atoms with Crippen LogP contribution in [0.4, 0.5) is 4.39 Å². The fourth-order valence-electron chi connectivity index (χ4n) is 4.10. The number of hydrogen-bond acceptors (Lipinski definition) is 2. The van der Waals surface area contributed by atoms with Gasteiger partial charge >= 0.3 is 0 Å². The Kier molecular flexibility index (Phi) is 5.98. The normalized spacial score (nSPS) is 14.0. The van der Waals surface area contributed by atoms with Gasteiger partial charge in [-0.3, -0.25) is 4.79 Å². The van der Waals surface area contributed by atoms with E-state index in [1.807, 2.05) is 29.7 Å². The molecule has 0 saturated carbocycles.